The summed E-state index contributed by atoms with van der Waals surface area (Å²) in [6.07, 6.45) is 0. The molecule has 0 bridgehead atoms. The van der Waals surface area contributed by atoms with Gasteiger partial charge < -0.3 is 0 Å². The summed E-state index contributed by atoms with van der Waals surface area (Å²) in [6.45, 7) is -0.139. The maximum Gasteiger partial charge on any atom is 0.244 e. The zero-order chi connectivity index (χ0) is 13.7. The first-order chi connectivity index (χ1) is 8.13. The summed E-state index contributed by atoms with van der Waals surface area (Å²) in [6, 6.07) is 2.03. The standard InChI is InChI=1S/C7H9ClN4O4S2/c8-4-1-5-7(2-6(4)17(10,13)14)18(15,16)11-3-12(5)9/h1-2,11H,3,9H2,(H2,10,13,14). The Kier molecular flexibility index (Phi) is 3.04. The van der Waals surface area contributed by atoms with Crippen LogP contribution in [0.3, 0.4) is 0 Å². The zero-order valence-corrected chi connectivity index (χ0v) is 11.2. The number of nitrogens with two attached hydrogens (primary N) is 2. The Morgan fingerprint density at radius 1 is 1.39 bits per heavy atom. The minimum Gasteiger partial charge on any atom is -0.295 e. The van der Waals surface area contributed by atoms with E-state index in [-0.39, 0.29) is 22.3 Å². The molecule has 2 rings (SSSR count). The molecule has 0 saturated heterocycles. The van der Waals surface area contributed by atoms with Crippen molar-refractivity contribution in [3.63, 3.8) is 0 Å². The van der Waals surface area contributed by atoms with Gasteiger partial charge in [-0.2, -0.15) is 4.72 Å². The molecule has 1 heterocycles. The summed E-state index contributed by atoms with van der Waals surface area (Å²) in [5, 5.41) is 5.84. The Morgan fingerprint density at radius 2 is 2.00 bits per heavy atom. The van der Waals surface area contributed by atoms with Crippen molar-refractivity contribution >= 4 is 37.3 Å². The maximum atomic E-state index is 11.7. The Morgan fingerprint density at radius 3 is 2.56 bits per heavy atom. The molecule has 0 aliphatic carbocycles. The summed E-state index contributed by atoms with van der Waals surface area (Å²) >= 11 is 5.75. The van der Waals surface area contributed by atoms with Crippen molar-refractivity contribution in [3.8, 4) is 0 Å². The quantitative estimate of drug-likeness (QED) is 0.564. The molecule has 0 spiro atoms. The molecule has 11 heteroatoms. The van der Waals surface area contributed by atoms with Crippen molar-refractivity contribution in [2.75, 3.05) is 11.7 Å². The van der Waals surface area contributed by atoms with Gasteiger partial charge in [-0.15, -0.1) is 0 Å². The SMILES string of the molecule is NN1CNS(=O)(=O)c2cc(S(N)(=O)=O)c(Cl)cc21. The second kappa shape index (κ2) is 4.05. The van der Waals surface area contributed by atoms with E-state index in [1.54, 1.807) is 0 Å². The van der Waals surface area contributed by atoms with Gasteiger partial charge in [0, 0.05) is 0 Å². The van der Waals surface area contributed by atoms with Crippen molar-refractivity contribution in [2.24, 2.45) is 11.0 Å². The molecule has 8 nitrogen and oxygen atoms in total. The lowest BCUT2D eigenvalue weighted by molar-refractivity contribution is 0.571. The normalized spacial score (nSPS) is 18.5. The van der Waals surface area contributed by atoms with Crippen LogP contribution in [0.2, 0.25) is 5.02 Å². The highest BCUT2D eigenvalue weighted by Gasteiger charge is 2.30. The zero-order valence-electron chi connectivity index (χ0n) is 8.79. The van der Waals surface area contributed by atoms with Gasteiger partial charge in [-0.1, -0.05) is 11.6 Å². The molecule has 0 fully saturated rings. The molecule has 1 aromatic rings. The highest BCUT2D eigenvalue weighted by atomic mass is 35.5. The maximum absolute atomic E-state index is 11.7. The van der Waals surface area contributed by atoms with Crippen molar-refractivity contribution < 1.29 is 16.8 Å². The van der Waals surface area contributed by atoms with Gasteiger partial charge >= 0.3 is 0 Å². The van der Waals surface area contributed by atoms with Crippen molar-refractivity contribution in [3.05, 3.63) is 17.2 Å². The first-order valence-corrected chi connectivity index (χ1v) is 7.92. The van der Waals surface area contributed by atoms with E-state index in [1.165, 1.54) is 0 Å². The van der Waals surface area contributed by atoms with Crippen LogP contribution >= 0.6 is 11.6 Å². The second-order valence-corrected chi connectivity index (χ2v) is 7.24. The van der Waals surface area contributed by atoms with Gasteiger partial charge in [-0.05, 0) is 12.1 Å². The van der Waals surface area contributed by atoms with Crippen LogP contribution in [-0.4, -0.2) is 23.5 Å². The highest BCUT2D eigenvalue weighted by Crippen LogP contribution is 2.33. The van der Waals surface area contributed by atoms with E-state index in [0.29, 0.717) is 0 Å². The highest BCUT2D eigenvalue weighted by molar-refractivity contribution is 7.90. The number of hydrogen-bond acceptors (Lipinski definition) is 6. The molecule has 1 aliphatic rings. The molecule has 0 atom stereocenters. The third-order valence-electron chi connectivity index (χ3n) is 2.34. The number of primary sulfonamides is 1. The monoisotopic (exact) mass is 312 g/mol. The van der Waals surface area contributed by atoms with Gasteiger partial charge in [-0.3, -0.25) is 5.01 Å². The van der Waals surface area contributed by atoms with Crippen LogP contribution in [0.25, 0.3) is 0 Å². The van der Waals surface area contributed by atoms with E-state index in [4.69, 9.17) is 22.6 Å². The Balaban J connectivity index is 2.82. The van der Waals surface area contributed by atoms with Gasteiger partial charge in [0.15, 0.2) is 0 Å². The molecule has 18 heavy (non-hydrogen) atoms. The fourth-order valence-corrected chi connectivity index (χ4v) is 3.86. The van der Waals surface area contributed by atoms with Crippen LogP contribution in [0.15, 0.2) is 21.9 Å². The third kappa shape index (κ3) is 2.18. The average Bonchev–Trinajstić information content (AvgIpc) is 2.22. The molecule has 5 N–H and O–H groups in total. The Bertz CT molecular complexity index is 715. The van der Waals surface area contributed by atoms with E-state index in [9.17, 15) is 16.8 Å². The molecule has 1 aliphatic heterocycles. The van der Waals surface area contributed by atoms with Crippen LogP contribution in [0.4, 0.5) is 5.69 Å². The predicted octanol–water partition coefficient (Wildman–Crippen LogP) is -1.08. The van der Waals surface area contributed by atoms with Gasteiger partial charge in [0.1, 0.15) is 9.79 Å². The Labute approximate surface area is 109 Å². The number of nitrogens with one attached hydrogen (secondary N) is 1. The smallest absolute Gasteiger partial charge is 0.244 e. The minimum absolute atomic E-state index is 0.103. The van der Waals surface area contributed by atoms with Crippen molar-refractivity contribution in [1.82, 2.24) is 4.72 Å². The van der Waals surface area contributed by atoms with Crippen molar-refractivity contribution in [1.29, 1.82) is 0 Å². The summed E-state index contributed by atoms with van der Waals surface area (Å²) in [5.41, 5.74) is 0.103. The number of anilines is 1. The molecule has 1 aromatic carbocycles. The van der Waals surface area contributed by atoms with Gasteiger partial charge in [-0.25, -0.2) is 27.8 Å². The van der Waals surface area contributed by atoms with E-state index < -0.39 is 24.9 Å². The Hall–Kier alpha value is -0.910. The number of fused-ring (bicyclic) bond motifs is 1. The van der Waals surface area contributed by atoms with Crippen LogP contribution < -0.4 is 20.7 Å². The lowest BCUT2D eigenvalue weighted by Crippen LogP contribution is -2.47. The fourth-order valence-electron chi connectivity index (χ4n) is 1.50. The molecule has 0 amide bonds. The molecule has 0 aromatic heterocycles. The first-order valence-electron chi connectivity index (χ1n) is 4.51. The summed E-state index contributed by atoms with van der Waals surface area (Å²) in [5.74, 6) is 5.56. The van der Waals surface area contributed by atoms with Crippen LogP contribution in [0.5, 0.6) is 0 Å². The second-order valence-electron chi connectivity index (χ2n) is 3.57. The molecule has 100 valence electrons. The summed E-state index contributed by atoms with van der Waals surface area (Å²) in [4.78, 5) is -0.756. The van der Waals surface area contributed by atoms with E-state index in [2.05, 4.69) is 4.72 Å². The number of rotatable bonds is 1. The minimum atomic E-state index is -4.12. The van der Waals surface area contributed by atoms with Gasteiger partial charge in [0.2, 0.25) is 20.0 Å². The topological polar surface area (TPSA) is 136 Å². The van der Waals surface area contributed by atoms with Crippen molar-refractivity contribution in [2.45, 2.75) is 9.79 Å². The lowest BCUT2D eigenvalue weighted by atomic mass is 10.3. The van der Waals surface area contributed by atoms with Crippen LogP contribution in [0.1, 0.15) is 0 Å². The van der Waals surface area contributed by atoms with Crippen LogP contribution in [0, 0.1) is 0 Å². The van der Waals surface area contributed by atoms with Gasteiger partial charge in [0.05, 0.1) is 17.4 Å². The number of benzene rings is 1. The number of hydrogen-bond donors (Lipinski definition) is 3. The summed E-state index contributed by atoms with van der Waals surface area (Å²) in [7, 11) is -7.94. The van der Waals surface area contributed by atoms with E-state index >= 15 is 0 Å². The van der Waals surface area contributed by atoms with Crippen LogP contribution in [-0.2, 0) is 20.0 Å². The number of nitrogens with zero attached hydrogens (tertiary/aromatic N) is 1. The molecule has 0 radical (unpaired) electrons. The molecule has 0 saturated carbocycles. The van der Waals surface area contributed by atoms with E-state index in [0.717, 1.165) is 17.1 Å². The van der Waals surface area contributed by atoms with Gasteiger partial charge in [0.25, 0.3) is 0 Å². The molecular formula is C7H9ClN4O4S2. The largest absolute Gasteiger partial charge is 0.295 e. The number of halogens is 1. The predicted molar refractivity (Wildman–Crippen MR) is 64.7 cm³/mol. The molecular weight excluding hydrogens is 304 g/mol. The summed E-state index contributed by atoms with van der Waals surface area (Å²) < 4.78 is 48.2. The number of hydrazine groups is 1. The fraction of sp³-hybridized carbons (Fsp3) is 0.143. The third-order valence-corrected chi connectivity index (χ3v) is 5.13. The number of sulfonamides is 2. The first kappa shape index (κ1) is 13.5. The molecule has 0 unspecified atom stereocenters. The lowest BCUT2D eigenvalue weighted by Gasteiger charge is -2.27. The van der Waals surface area contributed by atoms with E-state index in [1.807, 2.05) is 0 Å². The average molecular weight is 313 g/mol.